The fraction of sp³-hybridized carbons (Fsp3) is 0.471. The van der Waals surface area contributed by atoms with Crippen LogP contribution in [0.5, 0.6) is 0 Å². The average Bonchev–Trinajstić information content (AvgIpc) is 2.55. The summed E-state index contributed by atoms with van der Waals surface area (Å²) >= 11 is 0. The number of benzene rings is 1. The van der Waals surface area contributed by atoms with Gasteiger partial charge >= 0.3 is 11.9 Å². The van der Waals surface area contributed by atoms with Crippen LogP contribution in [0.2, 0.25) is 0 Å². The van der Waals surface area contributed by atoms with E-state index in [4.69, 9.17) is 9.47 Å². The Hall–Kier alpha value is -2.77. The Kier molecular flexibility index (Phi) is 7.22. The van der Waals surface area contributed by atoms with E-state index in [0.717, 1.165) is 0 Å². The number of carbonyl (C=O) groups is 3. The molecular weight excluding hydrogens is 328 g/mol. The minimum Gasteiger partial charge on any atom is -0.464 e. The van der Waals surface area contributed by atoms with Crippen molar-refractivity contribution in [1.82, 2.24) is 5.32 Å². The van der Waals surface area contributed by atoms with E-state index in [9.17, 15) is 19.3 Å². The van der Waals surface area contributed by atoms with Gasteiger partial charge in [-0.15, -0.1) is 4.91 Å². The second-order valence-corrected chi connectivity index (χ2v) is 5.37. The molecule has 0 aromatic heterocycles. The summed E-state index contributed by atoms with van der Waals surface area (Å²) in [5.41, 5.74) is -1.03. The van der Waals surface area contributed by atoms with Crippen LogP contribution in [0.25, 0.3) is 0 Å². The lowest BCUT2D eigenvalue weighted by molar-refractivity contribution is -0.167. The molecule has 0 atom stereocenters. The molecular formula is C17H22N2O6. The fourth-order valence-corrected chi connectivity index (χ4v) is 2.45. The van der Waals surface area contributed by atoms with E-state index in [1.807, 2.05) is 0 Å². The number of ether oxygens (including phenoxy) is 2. The second-order valence-electron chi connectivity index (χ2n) is 5.37. The van der Waals surface area contributed by atoms with Crippen LogP contribution in [0.15, 0.2) is 23.4 Å². The van der Waals surface area contributed by atoms with Gasteiger partial charge in [-0.1, -0.05) is 12.1 Å². The maximum Gasteiger partial charge on any atom is 0.344 e. The highest BCUT2D eigenvalue weighted by molar-refractivity contribution is 6.08. The Morgan fingerprint density at radius 1 is 1.12 bits per heavy atom. The lowest BCUT2D eigenvalue weighted by Crippen LogP contribution is -2.62. The minimum atomic E-state index is -2.09. The van der Waals surface area contributed by atoms with Crippen molar-refractivity contribution >= 4 is 23.5 Å². The Morgan fingerprint density at radius 2 is 1.68 bits per heavy atom. The molecule has 0 saturated heterocycles. The van der Waals surface area contributed by atoms with Crippen molar-refractivity contribution in [1.29, 1.82) is 0 Å². The molecule has 0 aliphatic rings. The normalized spacial score (nSPS) is 10.7. The first-order valence-electron chi connectivity index (χ1n) is 7.87. The zero-order chi connectivity index (χ0) is 19.0. The van der Waals surface area contributed by atoms with Crippen molar-refractivity contribution < 1.29 is 23.9 Å². The highest BCUT2D eigenvalue weighted by Gasteiger charge is 2.50. The molecule has 0 saturated carbocycles. The molecule has 0 radical (unpaired) electrons. The minimum absolute atomic E-state index is 0.00608. The van der Waals surface area contributed by atoms with Gasteiger partial charge in [-0.2, -0.15) is 0 Å². The number of carbonyl (C=O) groups excluding carboxylic acids is 3. The van der Waals surface area contributed by atoms with Gasteiger partial charge in [0.2, 0.25) is 11.4 Å². The number of hydrogen-bond acceptors (Lipinski definition) is 7. The third kappa shape index (κ3) is 4.62. The van der Waals surface area contributed by atoms with Crippen molar-refractivity contribution in [3.63, 3.8) is 0 Å². The van der Waals surface area contributed by atoms with Crippen molar-refractivity contribution in [2.75, 3.05) is 13.2 Å². The number of nitroso groups, excluding NO2 is 1. The van der Waals surface area contributed by atoms with Gasteiger partial charge in [-0.05, 0) is 43.1 Å². The van der Waals surface area contributed by atoms with E-state index in [0.29, 0.717) is 11.1 Å². The number of aryl methyl sites for hydroxylation is 1. The van der Waals surface area contributed by atoms with E-state index in [-0.39, 0.29) is 25.3 Å². The molecule has 1 N–H and O–H groups in total. The molecule has 8 heteroatoms. The number of hydrogen-bond donors (Lipinski definition) is 1. The van der Waals surface area contributed by atoms with Crippen molar-refractivity contribution in [3.05, 3.63) is 34.2 Å². The molecule has 0 heterocycles. The molecule has 1 aromatic rings. The maximum absolute atomic E-state index is 12.6. The van der Waals surface area contributed by atoms with Crippen LogP contribution in [0.3, 0.4) is 0 Å². The van der Waals surface area contributed by atoms with Crippen LogP contribution >= 0.6 is 0 Å². The zero-order valence-electron chi connectivity index (χ0n) is 14.8. The van der Waals surface area contributed by atoms with Gasteiger partial charge in [0.25, 0.3) is 0 Å². The van der Waals surface area contributed by atoms with Gasteiger partial charge < -0.3 is 14.8 Å². The first kappa shape index (κ1) is 20.3. The molecule has 0 fully saturated rings. The summed E-state index contributed by atoms with van der Waals surface area (Å²) in [6.07, 6.45) is -0.308. The van der Waals surface area contributed by atoms with Crippen molar-refractivity contribution in [2.24, 2.45) is 5.18 Å². The average molecular weight is 350 g/mol. The summed E-state index contributed by atoms with van der Waals surface area (Å²) in [7, 11) is 0. The van der Waals surface area contributed by atoms with E-state index >= 15 is 0 Å². The molecule has 1 aromatic carbocycles. The molecule has 8 nitrogen and oxygen atoms in total. The third-order valence-corrected chi connectivity index (χ3v) is 3.56. The third-order valence-electron chi connectivity index (χ3n) is 3.56. The zero-order valence-corrected chi connectivity index (χ0v) is 14.8. The second kappa shape index (κ2) is 8.91. The van der Waals surface area contributed by atoms with E-state index < -0.39 is 23.4 Å². The van der Waals surface area contributed by atoms with Gasteiger partial charge in [0.05, 0.1) is 13.2 Å². The molecule has 0 aliphatic carbocycles. The topological polar surface area (TPSA) is 111 Å². The summed E-state index contributed by atoms with van der Waals surface area (Å²) in [5.74, 6) is -2.53. The van der Waals surface area contributed by atoms with Crippen LogP contribution in [0, 0.1) is 11.8 Å². The molecule has 25 heavy (non-hydrogen) atoms. The first-order valence-corrected chi connectivity index (χ1v) is 7.87. The number of rotatable bonds is 8. The van der Waals surface area contributed by atoms with E-state index in [1.165, 1.54) is 13.0 Å². The smallest absolute Gasteiger partial charge is 0.344 e. The molecule has 0 spiro atoms. The summed E-state index contributed by atoms with van der Waals surface area (Å²) < 4.78 is 10.00. The lowest BCUT2D eigenvalue weighted by atomic mass is 9.87. The highest BCUT2D eigenvalue weighted by atomic mass is 16.6. The first-order chi connectivity index (χ1) is 11.8. The fourth-order valence-electron chi connectivity index (χ4n) is 2.45. The van der Waals surface area contributed by atoms with Crippen molar-refractivity contribution in [2.45, 2.75) is 39.7 Å². The summed E-state index contributed by atoms with van der Waals surface area (Å²) in [6, 6.07) is 4.80. The van der Waals surface area contributed by atoms with Crippen LogP contribution in [-0.4, -0.2) is 36.6 Å². The number of amides is 1. The molecule has 1 rings (SSSR count). The molecule has 0 unspecified atom stereocenters. The van der Waals surface area contributed by atoms with Gasteiger partial charge in [-0.3, -0.25) is 4.79 Å². The van der Waals surface area contributed by atoms with Crippen LogP contribution < -0.4 is 5.32 Å². The van der Waals surface area contributed by atoms with Gasteiger partial charge in [-0.25, -0.2) is 9.59 Å². The van der Waals surface area contributed by atoms with Gasteiger partial charge in [0, 0.05) is 13.3 Å². The predicted octanol–water partition coefficient (Wildman–Crippen LogP) is 1.94. The quantitative estimate of drug-likeness (QED) is 0.436. The lowest BCUT2D eigenvalue weighted by Gasteiger charge is -2.30. The number of esters is 2. The van der Waals surface area contributed by atoms with Gasteiger partial charge in [0.15, 0.2) is 0 Å². The molecule has 136 valence electrons. The van der Waals surface area contributed by atoms with Crippen LogP contribution in [0.1, 0.15) is 31.9 Å². The van der Waals surface area contributed by atoms with E-state index in [2.05, 4.69) is 10.5 Å². The number of nitrogens with one attached hydrogen (secondary N) is 1. The Balaban J connectivity index is 3.53. The van der Waals surface area contributed by atoms with Crippen LogP contribution in [-0.2, 0) is 30.3 Å². The SMILES string of the molecule is CCOC(=O)C(Cc1c(C)cccc1N=O)(NC(C)=O)C(=O)OCC. The summed E-state index contributed by atoms with van der Waals surface area (Å²) in [4.78, 5) is 48.0. The van der Waals surface area contributed by atoms with E-state index in [1.54, 1.807) is 32.9 Å². The van der Waals surface area contributed by atoms with Crippen molar-refractivity contribution in [3.8, 4) is 0 Å². The van der Waals surface area contributed by atoms with Gasteiger partial charge in [0.1, 0.15) is 5.69 Å². The largest absolute Gasteiger partial charge is 0.464 e. The maximum atomic E-state index is 12.6. The highest BCUT2D eigenvalue weighted by Crippen LogP contribution is 2.28. The summed E-state index contributed by atoms with van der Waals surface area (Å²) in [5, 5.41) is 5.30. The number of nitrogens with zero attached hydrogens (tertiary/aromatic N) is 1. The monoisotopic (exact) mass is 350 g/mol. The molecule has 0 aliphatic heterocycles. The Labute approximate surface area is 145 Å². The van der Waals surface area contributed by atoms with Crippen LogP contribution in [0.4, 0.5) is 5.69 Å². The predicted molar refractivity (Wildman–Crippen MR) is 90.2 cm³/mol. The molecule has 0 bridgehead atoms. The summed E-state index contributed by atoms with van der Waals surface area (Å²) in [6.45, 7) is 6.04. The Bertz CT molecular complexity index is 653. The Morgan fingerprint density at radius 3 is 2.12 bits per heavy atom. The molecule has 1 amide bonds. The standard InChI is InChI=1S/C17H22N2O6/c1-5-24-15(21)17(18-12(4)20,16(22)25-6-2)10-13-11(3)8-7-9-14(13)19-23/h7-9H,5-6,10H2,1-4H3,(H,18,20).